The molecule has 4 rings (SSSR count). The van der Waals surface area contributed by atoms with Gasteiger partial charge in [0, 0.05) is 23.2 Å². The van der Waals surface area contributed by atoms with Crippen molar-refractivity contribution >= 4 is 33.9 Å². The van der Waals surface area contributed by atoms with Crippen molar-refractivity contribution in [3.8, 4) is 11.5 Å². The monoisotopic (exact) mass is 420 g/mol. The molecule has 1 aliphatic heterocycles. The number of nitrogens with zero attached hydrogens (tertiary/aromatic N) is 2. The molecule has 31 heavy (non-hydrogen) atoms. The van der Waals surface area contributed by atoms with Gasteiger partial charge in [-0.3, -0.25) is 14.6 Å². The third-order valence-electron chi connectivity index (χ3n) is 5.02. The lowest BCUT2D eigenvalue weighted by atomic mass is 10.1. The van der Waals surface area contributed by atoms with Gasteiger partial charge in [0.25, 0.3) is 5.91 Å². The predicted molar refractivity (Wildman–Crippen MR) is 114 cm³/mol. The molecule has 0 bridgehead atoms. The summed E-state index contributed by atoms with van der Waals surface area (Å²) in [6.45, 7) is 0.462. The maximum Gasteiger partial charge on any atom is 0.326 e. The molecule has 0 saturated heterocycles. The summed E-state index contributed by atoms with van der Waals surface area (Å²) >= 11 is 0. The van der Waals surface area contributed by atoms with Crippen molar-refractivity contribution in [2.45, 2.75) is 25.3 Å². The highest BCUT2D eigenvalue weighted by molar-refractivity contribution is 6.00. The first kappa shape index (κ1) is 20.4. The van der Waals surface area contributed by atoms with Crippen LogP contribution in [0.3, 0.4) is 0 Å². The van der Waals surface area contributed by atoms with Gasteiger partial charge in [0.05, 0.1) is 0 Å². The Bertz CT molecular complexity index is 1320. The number of carbonyl (C=O) groups excluding carboxylic acids is 1. The van der Waals surface area contributed by atoms with Crippen molar-refractivity contribution < 1.29 is 19.1 Å². The van der Waals surface area contributed by atoms with Gasteiger partial charge in [0.2, 0.25) is 5.43 Å². The first-order valence-corrected chi connectivity index (χ1v) is 9.84. The number of fused-ring (bicyclic) bond motifs is 4. The van der Waals surface area contributed by atoms with Crippen LogP contribution in [0.4, 0.5) is 0 Å². The van der Waals surface area contributed by atoms with Crippen molar-refractivity contribution in [1.29, 1.82) is 0 Å². The van der Waals surface area contributed by atoms with Crippen LogP contribution in [0.25, 0.3) is 33.5 Å². The zero-order valence-corrected chi connectivity index (χ0v) is 16.5. The number of aromatic nitrogens is 2. The molecule has 0 spiro atoms. The highest BCUT2D eigenvalue weighted by Crippen LogP contribution is 2.29. The molecule has 2 heterocycles. The lowest BCUT2D eigenvalue weighted by molar-refractivity contribution is -0.139. The Kier molecular flexibility index (Phi) is 5.59. The van der Waals surface area contributed by atoms with E-state index in [1.165, 1.54) is 12.1 Å². The average molecular weight is 420 g/mol. The van der Waals surface area contributed by atoms with E-state index < -0.39 is 17.9 Å². The van der Waals surface area contributed by atoms with E-state index in [2.05, 4.69) is 15.3 Å². The summed E-state index contributed by atoms with van der Waals surface area (Å²) in [5.41, 5.74) is 6.98. The Labute approximate surface area is 176 Å². The lowest BCUT2D eigenvalue weighted by Gasteiger charge is -2.15. The second-order valence-electron chi connectivity index (χ2n) is 7.17. The molecule has 1 aliphatic carbocycles. The Morgan fingerprint density at radius 1 is 1.19 bits per heavy atom. The molecule has 0 radical (unpaired) electrons. The molecule has 0 saturated carbocycles. The van der Waals surface area contributed by atoms with Crippen LogP contribution in [0, 0.1) is 0 Å². The van der Waals surface area contributed by atoms with E-state index in [4.69, 9.17) is 10.2 Å². The third-order valence-corrected chi connectivity index (χ3v) is 5.02. The van der Waals surface area contributed by atoms with Crippen molar-refractivity contribution in [3.63, 3.8) is 0 Å². The maximum absolute atomic E-state index is 12.6. The van der Waals surface area contributed by atoms with Gasteiger partial charge >= 0.3 is 5.97 Å². The number of amides is 1. The zero-order valence-electron chi connectivity index (χ0n) is 16.5. The molecule has 9 nitrogen and oxygen atoms in total. The minimum Gasteiger partial charge on any atom is -0.480 e. The van der Waals surface area contributed by atoms with E-state index in [0.29, 0.717) is 47.1 Å². The van der Waals surface area contributed by atoms with E-state index in [9.17, 15) is 19.5 Å². The lowest BCUT2D eigenvalue weighted by Crippen LogP contribution is -2.40. The predicted octanol–water partition coefficient (Wildman–Crippen LogP) is 2.15. The number of carboxylic acids is 1. The maximum atomic E-state index is 12.6. The number of pyridine rings is 1. The van der Waals surface area contributed by atoms with Crippen LogP contribution >= 0.6 is 0 Å². The molecule has 2 aliphatic rings. The van der Waals surface area contributed by atoms with Crippen LogP contribution in [0.15, 0.2) is 51.8 Å². The number of carboxylic acid groups (broad SMARTS) is 1. The Morgan fingerprint density at radius 2 is 2.03 bits per heavy atom. The van der Waals surface area contributed by atoms with E-state index in [1.807, 2.05) is 0 Å². The minimum atomic E-state index is -1.10. The Morgan fingerprint density at radius 3 is 2.81 bits per heavy atom. The fraction of sp³-hybridized carbons (Fsp3) is 0.227. The summed E-state index contributed by atoms with van der Waals surface area (Å²) in [6.07, 6.45) is 3.10. The van der Waals surface area contributed by atoms with Crippen molar-refractivity contribution in [3.05, 3.63) is 58.4 Å². The minimum absolute atomic E-state index is 0.229. The molecule has 9 heteroatoms. The van der Waals surface area contributed by atoms with Crippen molar-refractivity contribution in [1.82, 2.24) is 15.3 Å². The number of rotatable bonds is 7. The van der Waals surface area contributed by atoms with E-state index in [0.717, 1.165) is 0 Å². The van der Waals surface area contributed by atoms with E-state index >= 15 is 0 Å². The quantitative estimate of drug-likeness (QED) is 0.234. The normalized spacial score (nSPS) is 12.3. The van der Waals surface area contributed by atoms with E-state index in [1.54, 1.807) is 30.5 Å². The highest BCUT2D eigenvalue weighted by Gasteiger charge is 2.21. The topological polar surface area (TPSA) is 148 Å². The molecule has 1 atom stereocenters. The summed E-state index contributed by atoms with van der Waals surface area (Å²) in [5, 5.41) is 12.5. The number of hydrogen-bond acceptors (Lipinski definition) is 7. The molecular weight excluding hydrogens is 400 g/mol. The average Bonchev–Trinajstić information content (AvgIpc) is 2.77. The molecule has 4 N–H and O–H groups in total. The molecule has 0 fully saturated rings. The van der Waals surface area contributed by atoms with Gasteiger partial charge in [-0.15, -0.1) is 0 Å². The van der Waals surface area contributed by atoms with Crippen LogP contribution in [0.5, 0.6) is 0 Å². The van der Waals surface area contributed by atoms with Gasteiger partial charge in [-0.1, -0.05) is 0 Å². The van der Waals surface area contributed by atoms with Crippen molar-refractivity contribution in [2.24, 2.45) is 5.73 Å². The SMILES string of the molecule is NCCCC[C@H](NC(=O)c1ccc2nc3c4cccnc4c(=O)cc-3oc2c1)C(=O)O. The van der Waals surface area contributed by atoms with Crippen LogP contribution in [0.1, 0.15) is 29.6 Å². The molecule has 158 valence electrons. The summed E-state index contributed by atoms with van der Waals surface area (Å²) in [7, 11) is 0. The third kappa shape index (κ3) is 4.08. The van der Waals surface area contributed by atoms with Crippen LogP contribution in [-0.4, -0.2) is 39.5 Å². The number of aliphatic carboxylic acids is 1. The van der Waals surface area contributed by atoms with Crippen LogP contribution in [0.2, 0.25) is 0 Å². The summed E-state index contributed by atoms with van der Waals surface area (Å²) < 4.78 is 5.86. The number of benzene rings is 2. The standard InChI is InChI=1S/C22H20N4O5/c23-8-2-1-5-15(22(29)30)26-21(28)12-6-7-14-17(10-12)31-18-11-16(27)19-13(20(18)25-14)4-3-9-24-19/h3-4,6-7,9-11,15H,1-2,5,8,23H2,(H,26,28)(H,29,30)/t15-/m0/s1. The van der Waals surface area contributed by atoms with Gasteiger partial charge in [-0.2, -0.15) is 0 Å². The Hall–Kier alpha value is -3.85. The molecule has 1 aromatic carbocycles. The second-order valence-corrected chi connectivity index (χ2v) is 7.17. The van der Waals surface area contributed by atoms with Gasteiger partial charge in [0.15, 0.2) is 11.3 Å². The Balaban J connectivity index is 1.69. The highest BCUT2D eigenvalue weighted by atomic mass is 16.4. The molecular formula is C22H20N4O5. The van der Waals surface area contributed by atoms with Crippen molar-refractivity contribution in [2.75, 3.05) is 6.54 Å². The number of nitrogens with one attached hydrogen (secondary N) is 1. The number of carbonyl (C=O) groups is 2. The van der Waals surface area contributed by atoms with Gasteiger partial charge < -0.3 is 20.6 Å². The molecule has 2 aromatic rings. The molecule has 1 amide bonds. The van der Waals surface area contributed by atoms with Crippen LogP contribution in [-0.2, 0) is 4.79 Å². The zero-order chi connectivity index (χ0) is 22.0. The second kappa shape index (κ2) is 8.49. The van der Waals surface area contributed by atoms with Gasteiger partial charge in [-0.05, 0) is 56.1 Å². The fourth-order valence-corrected chi connectivity index (χ4v) is 3.43. The largest absolute Gasteiger partial charge is 0.480 e. The fourth-order valence-electron chi connectivity index (χ4n) is 3.43. The number of unbranched alkanes of at least 4 members (excludes halogenated alkanes) is 1. The summed E-state index contributed by atoms with van der Waals surface area (Å²) in [6, 6.07) is 8.42. The first-order chi connectivity index (χ1) is 15.0. The van der Waals surface area contributed by atoms with Crippen LogP contribution < -0.4 is 16.5 Å². The number of hydrogen-bond donors (Lipinski definition) is 3. The first-order valence-electron chi connectivity index (χ1n) is 9.84. The molecule has 0 unspecified atom stereocenters. The van der Waals surface area contributed by atoms with Gasteiger partial charge in [-0.25, -0.2) is 9.78 Å². The number of nitrogens with two attached hydrogens (primary N) is 1. The van der Waals surface area contributed by atoms with E-state index in [-0.39, 0.29) is 23.2 Å². The van der Waals surface area contributed by atoms with Gasteiger partial charge in [0.1, 0.15) is 22.8 Å². The summed E-state index contributed by atoms with van der Waals surface area (Å²) in [4.78, 5) is 45.1. The molecule has 1 aromatic heterocycles. The smallest absolute Gasteiger partial charge is 0.326 e. The summed E-state index contributed by atoms with van der Waals surface area (Å²) in [5.74, 6) is -1.36.